The van der Waals surface area contributed by atoms with E-state index in [0.29, 0.717) is 11.6 Å². The minimum absolute atomic E-state index is 0.0217. The largest absolute Gasteiger partial charge is 0.337 e. The number of likely N-dealkylation sites (tertiary alicyclic amines) is 1. The van der Waals surface area contributed by atoms with Gasteiger partial charge in [-0.05, 0) is 31.4 Å². The van der Waals surface area contributed by atoms with Crippen LogP contribution in [0, 0.1) is 6.92 Å². The number of hydrogen-bond acceptors (Lipinski definition) is 4. The van der Waals surface area contributed by atoms with Crippen LogP contribution in [0.3, 0.4) is 0 Å². The lowest BCUT2D eigenvalue weighted by Gasteiger charge is -2.31. The van der Waals surface area contributed by atoms with Gasteiger partial charge in [-0.15, -0.1) is 0 Å². The Morgan fingerprint density at radius 2 is 2.10 bits per heavy atom. The molecule has 0 atom stereocenters. The predicted molar refractivity (Wildman–Crippen MR) is 77.9 cm³/mol. The summed E-state index contributed by atoms with van der Waals surface area (Å²) in [6.45, 7) is 3.55. The maximum atomic E-state index is 12.3. The second-order valence-electron chi connectivity index (χ2n) is 5.53. The summed E-state index contributed by atoms with van der Waals surface area (Å²) in [4.78, 5) is 22.7. The molecule has 0 aromatic carbocycles. The molecule has 0 bridgehead atoms. The van der Waals surface area contributed by atoms with E-state index >= 15 is 0 Å². The van der Waals surface area contributed by atoms with Crippen molar-refractivity contribution >= 4 is 5.91 Å². The Kier molecular flexibility index (Phi) is 3.68. The van der Waals surface area contributed by atoms with E-state index in [1.807, 2.05) is 25.1 Å². The fourth-order valence-electron chi connectivity index (χ4n) is 2.88. The summed E-state index contributed by atoms with van der Waals surface area (Å²) >= 11 is 0. The molecule has 1 fully saturated rings. The zero-order valence-electron chi connectivity index (χ0n) is 12.4. The Balaban J connectivity index is 1.65. The van der Waals surface area contributed by atoms with Crippen LogP contribution < -0.4 is 0 Å². The molecule has 2 aromatic rings. The van der Waals surface area contributed by atoms with Crippen molar-refractivity contribution < 1.29 is 4.79 Å². The van der Waals surface area contributed by atoms with Crippen LogP contribution in [0.15, 0.2) is 24.8 Å². The van der Waals surface area contributed by atoms with Crippen molar-refractivity contribution in [2.45, 2.75) is 25.7 Å². The molecule has 2 aromatic heterocycles. The number of hydrogen-bond donors (Lipinski definition) is 0. The molecule has 0 unspecified atom stereocenters. The smallest absolute Gasteiger partial charge is 0.274 e. The number of aromatic nitrogens is 4. The highest BCUT2D eigenvalue weighted by atomic mass is 16.2. The van der Waals surface area contributed by atoms with Crippen molar-refractivity contribution in [3.8, 4) is 0 Å². The molecule has 0 saturated carbocycles. The molecule has 0 aliphatic carbocycles. The second-order valence-corrected chi connectivity index (χ2v) is 5.53. The van der Waals surface area contributed by atoms with E-state index in [2.05, 4.69) is 15.1 Å². The van der Waals surface area contributed by atoms with Gasteiger partial charge in [0.1, 0.15) is 12.0 Å². The monoisotopic (exact) mass is 285 g/mol. The molecule has 1 aliphatic rings. The number of rotatable bonds is 2. The molecule has 0 N–H and O–H groups in total. The average Bonchev–Trinajstić information content (AvgIpc) is 2.94. The summed E-state index contributed by atoms with van der Waals surface area (Å²) in [5.41, 5.74) is 2.77. The van der Waals surface area contributed by atoms with Crippen LogP contribution in [0.5, 0.6) is 0 Å². The molecule has 6 heteroatoms. The van der Waals surface area contributed by atoms with Gasteiger partial charge in [0.05, 0.1) is 0 Å². The van der Waals surface area contributed by atoms with Crippen LogP contribution >= 0.6 is 0 Å². The van der Waals surface area contributed by atoms with Crippen LogP contribution in [0.2, 0.25) is 0 Å². The third-order valence-electron chi connectivity index (χ3n) is 4.04. The van der Waals surface area contributed by atoms with E-state index in [-0.39, 0.29) is 5.91 Å². The highest BCUT2D eigenvalue weighted by molar-refractivity contribution is 5.92. The van der Waals surface area contributed by atoms with Gasteiger partial charge >= 0.3 is 0 Å². The molecule has 1 amide bonds. The van der Waals surface area contributed by atoms with Gasteiger partial charge in [-0.25, -0.2) is 9.97 Å². The number of piperidine rings is 1. The number of nitrogens with zero attached hydrogens (tertiary/aromatic N) is 5. The van der Waals surface area contributed by atoms with Gasteiger partial charge in [0, 0.05) is 44.1 Å². The zero-order valence-corrected chi connectivity index (χ0v) is 12.4. The average molecular weight is 285 g/mol. The van der Waals surface area contributed by atoms with Crippen molar-refractivity contribution in [2.75, 3.05) is 13.1 Å². The standard InChI is InChI=1S/C15H19N5O/c1-11-9-16-10-17-14(11)12-3-7-20(8-4-12)15(21)13-5-6-19(2)18-13/h5-6,9-10,12H,3-4,7-8H2,1-2H3. The van der Waals surface area contributed by atoms with E-state index in [4.69, 9.17) is 0 Å². The number of carbonyl (C=O) groups is 1. The summed E-state index contributed by atoms with van der Waals surface area (Å²) in [6.07, 6.45) is 7.14. The van der Waals surface area contributed by atoms with Gasteiger partial charge in [0.2, 0.25) is 0 Å². The van der Waals surface area contributed by atoms with Crippen molar-refractivity contribution in [1.29, 1.82) is 0 Å². The fraction of sp³-hybridized carbons (Fsp3) is 0.467. The molecule has 3 rings (SSSR count). The quantitative estimate of drug-likeness (QED) is 0.839. The minimum Gasteiger partial charge on any atom is -0.337 e. The van der Waals surface area contributed by atoms with Gasteiger partial charge in [0.15, 0.2) is 0 Å². The molecule has 1 saturated heterocycles. The fourth-order valence-corrected chi connectivity index (χ4v) is 2.88. The first-order valence-corrected chi connectivity index (χ1v) is 7.20. The number of amides is 1. The van der Waals surface area contributed by atoms with E-state index in [1.54, 1.807) is 23.3 Å². The first-order valence-electron chi connectivity index (χ1n) is 7.20. The van der Waals surface area contributed by atoms with Crippen LogP contribution in [0.25, 0.3) is 0 Å². The normalized spacial score (nSPS) is 16.2. The van der Waals surface area contributed by atoms with Crippen molar-refractivity contribution in [1.82, 2.24) is 24.6 Å². The lowest BCUT2D eigenvalue weighted by Crippen LogP contribution is -2.38. The Bertz CT molecular complexity index is 643. The highest BCUT2D eigenvalue weighted by Crippen LogP contribution is 2.28. The van der Waals surface area contributed by atoms with Crippen LogP contribution in [-0.2, 0) is 7.05 Å². The topological polar surface area (TPSA) is 63.9 Å². The first kappa shape index (κ1) is 13.7. The SMILES string of the molecule is Cc1cncnc1C1CCN(C(=O)c2ccn(C)n2)CC1. The Morgan fingerprint density at radius 1 is 1.33 bits per heavy atom. The number of carbonyl (C=O) groups excluding carboxylic acids is 1. The predicted octanol–water partition coefficient (Wildman–Crippen LogP) is 1.54. The summed E-state index contributed by atoms with van der Waals surface area (Å²) in [5.74, 6) is 0.439. The molecular formula is C15H19N5O. The van der Waals surface area contributed by atoms with Crippen LogP contribution in [-0.4, -0.2) is 43.6 Å². The summed E-state index contributed by atoms with van der Waals surface area (Å²) < 4.78 is 1.66. The minimum atomic E-state index is 0.0217. The Labute approximate surface area is 123 Å². The second kappa shape index (κ2) is 5.63. The van der Waals surface area contributed by atoms with Gasteiger partial charge < -0.3 is 4.90 Å². The van der Waals surface area contributed by atoms with Crippen molar-refractivity contribution in [3.63, 3.8) is 0 Å². The first-order chi connectivity index (χ1) is 10.1. The molecule has 3 heterocycles. The lowest BCUT2D eigenvalue weighted by molar-refractivity contribution is 0.0705. The van der Waals surface area contributed by atoms with E-state index < -0.39 is 0 Å². The van der Waals surface area contributed by atoms with E-state index in [0.717, 1.165) is 37.2 Å². The van der Waals surface area contributed by atoms with Gasteiger partial charge in [0.25, 0.3) is 5.91 Å². The summed E-state index contributed by atoms with van der Waals surface area (Å²) in [6, 6.07) is 1.77. The van der Waals surface area contributed by atoms with Crippen LogP contribution in [0.4, 0.5) is 0 Å². The molecule has 110 valence electrons. The van der Waals surface area contributed by atoms with Gasteiger partial charge in [-0.2, -0.15) is 5.10 Å². The maximum absolute atomic E-state index is 12.3. The van der Waals surface area contributed by atoms with Gasteiger partial charge in [-0.1, -0.05) is 0 Å². The molecule has 0 spiro atoms. The maximum Gasteiger partial charge on any atom is 0.274 e. The summed E-state index contributed by atoms with van der Waals surface area (Å²) in [7, 11) is 1.82. The third kappa shape index (κ3) is 2.79. The number of aryl methyl sites for hydroxylation is 2. The van der Waals surface area contributed by atoms with Crippen molar-refractivity contribution in [2.24, 2.45) is 7.05 Å². The molecular weight excluding hydrogens is 266 g/mol. The molecule has 6 nitrogen and oxygen atoms in total. The Morgan fingerprint density at radius 3 is 2.71 bits per heavy atom. The van der Waals surface area contributed by atoms with Crippen molar-refractivity contribution in [3.05, 3.63) is 41.7 Å². The van der Waals surface area contributed by atoms with E-state index in [1.165, 1.54) is 0 Å². The molecule has 1 aliphatic heterocycles. The molecule has 0 radical (unpaired) electrons. The summed E-state index contributed by atoms with van der Waals surface area (Å²) in [5, 5.41) is 4.18. The van der Waals surface area contributed by atoms with Crippen LogP contribution in [0.1, 0.15) is 40.5 Å². The van der Waals surface area contributed by atoms with Gasteiger partial charge in [-0.3, -0.25) is 9.48 Å². The molecule has 21 heavy (non-hydrogen) atoms. The zero-order chi connectivity index (χ0) is 14.8. The Hall–Kier alpha value is -2.24. The van der Waals surface area contributed by atoms with E-state index in [9.17, 15) is 4.79 Å². The third-order valence-corrected chi connectivity index (χ3v) is 4.04. The highest BCUT2D eigenvalue weighted by Gasteiger charge is 2.26. The lowest BCUT2D eigenvalue weighted by atomic mass is 9.91.